The Morgan fingerprint density at radius 1 is 1.06 bits per heavy atom. The molecule has 1 aromatic heterocycles. The summed E-state index contributed by atoms with van der Waals surface area (Å²) >= 11 is 1.32. The van der Waals surface area contributed by atoms with Gasteiger partial charge < -0.3 is 19.5 Å². The molecule has 0 unspecified atom stereocenters. The minimum Gasteiger partial charge on any atom is -0.497 e. The molecule has 3 rings (SSSR count). The number of rotatable bonds is 10. The maximum absolute atomic E-state index is 12.1. The largest absolute Gasteiger partial charge is 0.497 e. The highest BCUT2D eigenvalue weighted by Crippen LogP contribution is 2.29. The summed E-state index contributed by atoms with van der Waals surface area (Å²) in [5.41, 5.74) is 1.13. The van der Waals surface area contributed by atoms with Crippen LogP contribution in [0.3, 0.4) is 0 Å². The number of aromatic nitrogens is 1. The van der Waals surface area contributed by atoms with Gasteiger partial charge in [0.1, 0.15) is 11.5 Å². The molecule has 0 aliphatic heterocycles. The van der Waals surface area contributed by atoms with Crippen LogP contribution in [0.4, 0.5) is 5.13 Å². The Morgan fingerprint density at radius 2 is 1.90 bits per heavy atom. The number of Topliss-reactive ketones (excluding diaryl/α,β-unsaturated/α-hetero) is 1. The normalized spacial score (nSPS) is 10.5. The van der Waals surface area contributed by atoms with Gasteiger partial charge in [-0.25, -0.2) is 4.98 Å². The zero-order valence-corrected chi connectivity index (χ0v) is 18.0. The lowest BCUT2D eigenvalue weighted by Gasteiger charge is -2.06. The Kier molecular flexibility index (Phi) is 7.55. The summed E-state index contributed by atoms with van der Waals surface area (Å²) in [5.74, 6) is -0.0598. The van der Waals surface area contributed by atoms with Crippen molar-refractivity contribution in [2.45, 2.75) is 19.8 Å². The summed E-state index contributed by atoms with van der Waals surface area (Å²) in [6, 6.07) is 12.1. The lowest BCUT2D eigenvalue weighted by molar-refractivity contribution is -0.143. The van der Waals surface area contributed by atoms with E-state index in [1.54, 1.807) is 24.3 Å². The number of fused-ring (bicyclic) bond motifs is 1. The number of thiazole rings is 1. The first-order valence-corrected chi connectivity index (χ1v) is 10.5. The summed E-state index contributed by atoms with van der Waals surface area (Å²) in [6.07, 6.45) is -0.219. The number of nitrogens with one attached hydrogen (secondary N) is 1. The molecule has 0 saturated carbocycles. The molecule has 0 bridgehead atoms. The molecule has 0 spiro atoms. The second-order valence-electron chi connectivity index (χ2n) is 6.45. The molecule has 0 fully saturated rings. The van der Waals surface area contributed by atoms with Crippen molar-refractivity contribution >= 4 is 44.3 Å². The number of esters is 1. The number of hydrogen-bond acceptors (Lipinski definition) is 8. The second kappa shape index (κ2) is 10.5. The van der Waals surface area contributed by atoms with E-state index in [2.05, 4.69) is 10.3 Å². The van der Waals surface area contributed by atoms with Crippen molar-refractivity contribution in [1.29, 1.82) is 0 Å². The maximum atomic E-state index is 12.1. The summed E-state index contributed by atoms with van der Waals surface area (Å²) in [7, 11) is 1.50. The van der Waals surface area contributed by atoms with E-state index >= 15 is 0 Å². The fourth-order valence-corrected chi connectivity index (χ4v) is 3.62. The molecular formula is C22H22N2O6S. The van der Waals surface area contributed by atoms with Gasteiger partial charge in [-0.1, -0.05) is 23.5 Å². The number of carbonyl (C=O) groups excluding carboxylic acids is 3. The number of ketones is 1. The van der Waals surface area contributed by atoms with Gasteiger partial charge in [0.05, 0.1) is 30.4 Å². The topological polar surface area (TPSA) is 104 Å². The summed E-state index contributed by atoms with van der Waals surface area (Å²) in [5, 5.41) is 3.12. The molecule has 1 heterocycles. The Labute approximate surface area is 183 Å². The summed E-state index contributed by atoms with van der Waals surface area (Å²) in [4.78, 5) is 40.5. The summed E-state index contributed by atoms with van der Waals surface area (Å²) in [6.45, 7) is 2.07. The van der Waals surface area contributed by atoms with E-state index in [0.717, 1.165) is 16.0 Å². The fourth-order valence-electron chi connectivity index (χ4n) is 2.71. The number of methoxy groups -OCH3 is 1. The number of ether oxygens (including phenoxy) is 3. The lowest BCUT2D eigenvalue weighted by atomic mass is 10.1. The number of carbonyl (C=O) groups is 3. The molecule has 2 aromatic carbocycles. The van der Waals surface area contributed by atoms with Gasteiger partial charge in [-0.15, -0.1) is 0 Å². The minimum atomic E-state index is -0.628. The van der Waals surface area contributed by atoms with Crippen LogP contribution in [0.15, 0.2) is 42.5 Å². The van der Waals surface area contributed by atoms with Gasteiger partial charge in [0.15, 0.2) is 17.5 Å². The molecular weight excluding hydrogens is 420 g/mol. The lowest BCUT2D eigenvalue weighted by Crippen LogP contribution is -2.17. The Hall–Kier alpha value is -3.46. The number of hydrogen-bond donors (Lipinski definition) is 1. The molecule has 9 heteroatoms. The van der Waals surface area contributed by atoms with Crippen molar-refractivity contribution in [1.82, 2.24) is 4.98 Å². The molecule has 0 saturated heterocycles. The van der Waals surface area contributed by atoms with Gasteiger partial charge in [0, 0.05) is 12.0 Å². The van der Waals surface area contributed by atoms with E-state index < -0.39 is 12.6 Å². The third-order valence-electron chi connectivity index (χ3n) is 4.23. The van der Waals surface area contributed by atoms with Gasteiger partial charge in [-0.2, -0.15) is 0 Å². The van der Waals surface area contributed by atoms with Crippen LogP contribution in [0.2, 0.25) is 0 Å². The highest BCUT2D eigenvalue weighted by molar-refractivity contribution is 7.22. The molecule has 31 heavy (non-hydrogen) atoms. The van der Waals surface area contributed by atoms with E-state index in [4.69, 9.17) is 14.2 Å². The molecule has 8 nitrogen and oxygen atoms in total. The number of nitrogens with zero attached hydrogens (tertiary/aromatic N) is 1. The van der Waals surface area contributed by atoms with Crippen molar-refractivity contribution in [3.8, 4) is 11.5 Å². The van der Waals surface area contributed by atoms with E-state index in [1.807, 2.05) is 25.1 Å². The Bertz CT molecular complexity index is 1090. The van der Waals surface area contributed by atoms with Crippen molar-refractivity contribution in [2.24, 2.45) is 0 Å². The molecule has 162 valence electrons. The smallest absolute Gasteiger partial charge is 0.306 e. The van der Waals surface area contributed by atoms with Crippen LogP contribution in [-0.4, -0.2) is 43.0 Å². The third-order valence-corrected chi connectivity index (χ3v) is 5.16. The van der Waals surface area contributed by atoms with Gasteiger partial charge in [0.2, 0.25) is 5.91 Å². The SMILES string of the molecule is CCOc1ccc2nc(NC(=O)CCC(=O)OCC(=O)c3cccc(OC)c3)sc2c1. The van der Waals surface area contributed by atoms with Crippen LogP contribution in [0, 0.1) is 0 Å². The van der Waals surface area contributed by atoms with Crippen LogP contribution < -0.4 is 14.8 Å². The zero-order valence-electron chi connectivity index (χ0n) is 17.2. The first kappa shape index (κ1) is 22.2. The van der Waals surface area contributed by atoms with Gasteiger partial charge in [0.25, 0.3) is 0 Å². The molecule has 0 atom stereocenters. The highest BCUT2D eigenvalue weighted by Gasteiger charge is 2.14. The van der Waals surface area contributed by atoms with Crippen LogP contribution in [0.1, 0.15) is 30.1 Å². The average molecular weight is 442 g/mol. The van der Waals surface area contributed by atoms with E-state index in [9.17, 15) is 14.4 Å². The van der Waals surface area contributed by atoms with Gasteiger partial charge in [-0.05, 0) is 37.3 Å². The predicted molar refractivity (Wildman–Crippen MR) is 117 cm³/mol. The average Bonchev–Trinajstić information content (AvgIpc) is 3.17. The Balaban J connectivity index is 1.45. The van der Waals surface area contributed by atoms with E-state index in [-0.39, 0.29) is 24.5 Å². The van der Waals surface area contributed by atoms with Crippen LogP contribution in [0.5, 0.6) is 11.5 Å². The van der Waals surface area contributed by atoms with Gasteiger partial charge >= 0.3 is 5.97 Å². The third kappa shape index (κ3) is 6.26. The van der Waals surface area contributed by atoms with E-state index in [1.165, 1.54) is 18.4 Å². The van der Waals surface area contributed by atoms with Crippen molar-refractivity contribution < 1.29 is 28.6 Å². The van der Waals surface area contributed by atoms with Crippen LogP contribution >= 0.6 is 11.3 Å². The summed E-state index contributed by atoms with van der Waals surface area (Å²) < 4.78 is 16.4. The quantitative estimate of drug-likeness (QED) is 0.376. The van der Waals surface area contributed by atoms with Crippen LogP contribution in [0.25, 0.3) is 10.2 Å². The molecule has 1 amide bonds. The van der Waals surface area contributed by atoms with Crippen LogP contribution in [-0.2, 0) is 14.3 Å². The zero-order chi connectivity index (χ0) is 22.2. The maximum Gasteiger partial charge on any atom is 0.306 e. The number of amides is 1. The first-order chi connectivity index (χ1) is 15.0. The first-order valence-electron chi connectivity index (χ1n) is 9.64. The number of benzene rings is 2. The Morgan fingerprint density at radius 3 is 2.68 bits per heavy atom. The van der Waals surface area contributed by atoms with E-state index in [0.29, 0.717) is 23.1 Å². The predicted octanol–water partition coefficient (Wildman–Crippen LogP) is 3.85. The standard InChI is InChI=1S/C22H22N2O6S/c1-3-29-16-7-8-17-19(12-16)31-22(23-17)24-20(26)9-10-21(27)30-13-18(25)14-5-4-6-15(11-14)28-2/h4-8,11-12H,3,9-10,13H2,1-2H3,(H,23,24,26). The van der Waals surface area contributed by atoms with Crippen molar-refractivity contribution in [3.63, 3.8) is 0 Å². The molecule has 0 aliphatic rings. The molecule has 0 aliphatic carbocycles. The monoisotopic (exact) mass is 442 g/mol. The molecule has 1 N–H and O–H groups in total. The molecule has 0 radical (unpaired) electrons. The minimum absolute atomic E-state index is 0.0771. The van der Waals surface area contributed by atoms with Crippen molar-refractivity contribution in [3.05, 3.63) is 48.0 Å². The number of anilines is 1. The van der Waals surface area contributed by atoms with Crippen molar-refractivity contribution in [2.75, 3.05) is 25.6 Å². The van der Waals surface area contributed by atoms with Gasteiger partial charge in [-0.3, -0.25) is 14.4 Å². The second-order valence-corrected chi connectivity index (χ2v) is 7.48. The highest BCUT2D eigenvalue weighted by atomic mass is 32.1. The molecule has 3 aromatic rings. The fraction of sp³-hybridized carbons (Fsp3) is 0.273.